The lowest BCUT2D eigenvalue weighted by atomic mass is 9.96. The molecule has 4 N–H and O–H groups in total. The minimum absolute atomic E-state index is 0.0189. The number of aliphatic hydroxyl groups excluding tert-OH is 1. The molecule has 0 heterocycles. The molecule has 2 rings (SSSR count). The summed E-state index contributed by atoms with van der Waals surface area (Å²) in [5.74, 6) is 0.333. The van der Waals surface area contributed by atoms with Crippen molar-refractivity contribution in [2.75, 3.05) is 7.11 Å². The molecule has 0 aliphatic rings. The maximum absolute atomic E-state index is 10.2. The van der Waals surface area contributed by atoms with Gasteiger partial charge >= 0.3 is 0 Å². The van der Waals surface area contributed by atoms with Gasteiger partial charge in [0.15, 0.2) is 11.5 Å². The maximum Gasteiger partial charge on any atom is 0.162 e. The summed E-state index contributed by atoms with van der Waals surface area (Å²) in [6.07, 6.45) is -0.353. The summed E-state index contributed by atoms with van der Waals surface area (Å²) in [6.45, 7) is 0. The van der Waals surface area contributed by atoms with Crippen LogP contribution in [0.1, 0.15) is 17.2 Å². The lowest BCUT2D eigenvalue weighted by Gasteiger charge is -2.21. The molecule has 0 spiro atoms. The van der Waals surface area contributed by atoms with E-state index in [2.05, 4.69) is 0 Å². The summed E-state index contributed by atoms with van der Waals surface area (Å²) in [5.41, 5.74) is 7.52. The molecule has 0 amide bonds. The molecular formula is C16H19NO3. The molecule has 0 aliphatic heterocycles. The van der Waals surface area contributed by atoms with Crippen molar-refractivity contribution >= 4 is 0 Å². The highest BCUT2D eigenvalue weighted by molar-refractivity contribution is 5.47. The zero-order valence-corrected chi connectivity index (χ0v) is 11.4. The molecule has 2 aromatic carbocycles. The van der Waals surface area contributed by atoms with Gasteiger partial charge in [0, 0.05) is 12.0 Å². The molecule has 0 fully saturated rings. The first kappa shape index (κ1) is 14.4. The minimum atomic E-state index is -0.782. The van der Waals surface area contributed by atoms with Crippen LogP contribution in [-0.4, -0.2) is 23.4 Å². The number of hydrogen-bond acceptors (Lipinski definition) is 4. The Kier molecular flexibility index (Phi) is 4.61. The van der Waals surface area contributed by atoms with Crippen LogP contribution in [0.5, 0.6) is 11.5 Å². The van der Waals surface area contributed by atoms with Crippen LogP contribution >= 0.6 is 0 Å². The van der Waals surface area contributed by atoms with Crippen molar-refractivity contribution in [2.45, 2.75) is 18.6 Å². The van der Waals surface area contributed by atoms with E-state index in [0.717, 1.165) is 5.56 Å². The van der Waals surface area contributed by atoms with Gasteiger partial charge in [-0.05, 0) is 11.6 Å². The Bertz CT molecular complexity index is 557. The van der Waals surface area contributed by atoms with Gasteiger partial charge in [0.05, 0.1) is 19.3 Å². The number of hydrogen-bond donors (Lipinski definition) is 3. The van der Waals surface area contributed by atoms with Crippen molar-refractivity contribution < 1.29 is 14.9 Å². The molecule has 0 radical (unpaired) electrons. The second-order valence-corrected chi connectivity index (χ2v) is 4.68. The number of para-hydroxylation sites is 1. The molecule has 4 heteroatoms. The van der Waals surface area contributed by atoms with Gasteiger partial charge in [-0.2, -0.15) is 0 Å². The van der Waals surface area contributed by atoms with E-state index in [1.165, 1.54) is 7.11 Å². The van der Waals surface area contributed by atoms with Crippen LogP contribution in [0.2, 0.25) is 0 Å². The molecule has 0 saturated carbocycles. The van der Waals surface area contributed by atoms with Gasteiger partial charge in [0.2, 0.25) is 0 Å². The molecule has 106 valence electrons. The molecule has 0 unspecified atom stereocenters. The van der Waals surface area contributed by atoms with Gasteiger partial charge in [-0.1, -0.05) is 42.5 Å². The fourth-order valence-corrected chi connectivity index (χ4v) is 2.16. The Morgan fingerprint density at radius 1 is 1.10 bits per heavy atom. The molecule has 0 saturated heterocycles. The number of aliphatic hydroxyl groups is 1. The van der Waals surface area contributed by atoms with Crippen LogP contribution in [0.25, 0.3) is 0 Å². The quantitative estimate of drug-likeness (QED) is 0.779. The average molecular weight is 273 g/mol. The van der Waals surface area contributed by atoms with E-state index in [0.29, 0.717) is 17.7 Å². The first-order valence-corrected chi connectivity index (χ1v) is 6.47. The SMILES string of the molecule is COc1cccc([C@H](N)[C@H](O)Cc2ccccc2)c1O. The number of phenolic OH excluding ortho intramolecular Hbond substituents is 1. The number of nitrogens with two attached hydrogens (primary N) is 1. The van der Waals surface area contributed by atoms with Crippen molar-refractivity contribution in [1.82, 2.24) is 0 Å². The third-order valence-corrected chi connectivity index (χ3v) is 3.31. The number of rotatable bonds is 5. The molecule has 20 heavy (non-hydrogen) atoms. The summed E-state index contributed by atoms with van der Waals surface area (Å²) in [7, 11) is 1.48. The zero-order chi connectivity index (χ0) is 14.5. The van der Waals surface area contributed by atoms with Gasteiger partial charge in [-0.15, -0.1) is 0 Å². The first-order chi connectivity index (χ1) is 9.63. The van der Waals surface area contributed by atoms with Crippen molar-refractivity contribution in [3.63, 3.8) is 0 Å². The van der Waals surface area contributed by atoms with Crippen molar-refractivity contribution in [3.05, 3.63) is 59.7 Å². The number of aromatic hydroxyl groups is 1. The minimum Gasteiger partial charge on any atom is -0.504 e. The first-order valence-electron chi connectivity index (χ1n) is 6.47. The molecule has 0 bridgehead atoms. The predicted octanol–water partition coefficient (Wildman–Crippen LogP) is 2.00. The predicted molar refractivity (Wildman–Crippen MR) is 77.7 cm³/mol. The third kappa shape index (κ3) is 3.10. The third-order valence-electron chi connectivity index (χ3n) is 3.31. The summed E-state index contributed by atoms with van der Waals surface area (Å²) in [6, 6.07) is 14.0. The van der Waals surface area contributed by atoms with E-state index < -0.39 is 12.1 Å². The van der Waals surface area contributed by atoms with Crippen LogP contribution < -0.4 is 10.5 Å². The Morgan fingerprint density at radius 2 is 1.80 bits per heavy atom. The number of methoxy groups -OCH3 is 1. The van der Waals surface area contributed by atoms with E-state index in [1.807, 2.05) is 30.3 Å². The summed E-state index contributed by atoms with van der Waals surface area (Å²) in [4.78, 5) is 0. The summed E-state index contributed by atoms with van der Waals surface area (Å²) >= 11 is 0. The fourth-order valence-electron chi connectivity index (χ4n) is 2.16. The van der Waals surface area contributed by atoms with Crippen LogP contribution in [-0.2, 0) is 6.42 Å². The van der Waals surface area contributed by atoms with E-state index in [9.17, 15) is 10.2 Å². The van der Waals surface area contributed by atoms with Crippen LogP contribution in [0, 0.1) is 0 Å². The molecule has 2 atom stereocenters. The number of benzene rings is 2. The van der Waals surface area contributed by atoms with Gasteiger partial charge < -0.3 is 20.7 Å². The molecule has 0 aliphatic carbocycles. The Balaban J connectivity index is 2.16. The highest BCUT2D eigenvalue weighted by Crippen LogP contribution is 2.34. The van der Waals surface area contributed by atoms with E-state index >= 15 is 0 Å². The number of ether oxygens (including phenoxy) is 1. The Labute approximate surface area is 118 Å². The van der Waals surface area contributed by atoms with Crippen molar-refractivity contribution in [2.24, 2.45) is 5.73 Å². The molecule has 4 nitrogen and oxygen atoms in total. The van der Waals surface area contributed by atoms with Crippen molar-refractivity contribution in [3.8, 4) is 11.5 Å². The normalized spacial score (nSPS) is 13.8. The van der Waals surface area contributed by atoms with Gasteiger partial charge in [-0.25, -0.2) is 0 Å². The largest absolute Gasteiger partial charge is 0.504 e. The summed E-state index contributed by atoms with van der Waals surface area (Å²) < 4.78 is 5.05. The smallest absolute Gasteiger partial charge is 0.162 e. The molecular weight excluding hydrogens is 254 g/mol. The Morgan fingerprint density at radius 3 is 2.45 bits per heavy atom. The highest BCUT2D eigenvalue weighted by atomic mass is 16.5. The van der Waals surface area contributed by atoms with E-state index in [4.69, 9.17) is 10.5 Å². The summed E-state index contributed by atoms with van der Waals surface area (Å²) in [5, 5.41) is 20.3. The lowest BCUT2D eigenvalue weighted by molar-refractivity contribution is 0.143. The van der Waals surface area contributed by atoms with Crippen LogP contribution in [0.3, 0.4) is 0 Å². The average Bonchev–Trinajstić information content (AvgIpc) is 2.48. The van der Waals surface area contributed by atoms with Crippen LogP contribution in [0.4, 0.5) is 0 Å². The number of phenols is 1. The fraction of sp³-hybridized carbons (Fsp3) is 0.250. The topological polar surface area (TPSA) is 75.7 Å². The standard InChI is InChI=1S/C16H19NO3/c1-20-14-9-5-8-12(16(14)19)15(17)13(18)10-11-6-3-2-4-7-11/h2-9,13,15,18-19H,10,17H2,1H3/t13-,15+/m1/s1. The van der Waals surface area contributed by atoms with Gasteiger partial charge in [0.1, 0.15) is 0 Å². The van der Waals surface area contributed by atoms with E-state index in [1.54, 1.807) is 18.2 Å². The second-order valence-electron chi connectivity index (χ2n) is 4.68. The van der Waals surface area contributed by atoms with Crippen LogP contribution in [0.15, 0.2) is 48.5 Å². The van der Waals surface area contributed by atoms with Gasteiger partial charge in [-0.3, -0.25) is 0 Å². The molecule has 2 aromatic rings. The van der Waals surface area contributed by atoms with Crippen molar-refractivity contribution in [1.29, 1.82) is 0 Å². The highest BCUT2D eigenvalue weighted by Gasteiger charge is 2.21. The van der Waals surface area contributed by atoms with Gasteiger partial charge in [0.25, 0.3) is 0 Å². The monoisotopic (exact) mass is 273 g/mol. The maximum atomic E-state index is 10.2. The lowest BCUT2D eigenvalue weighted by Crippen LogP contribution is -2.28. The van der Waals surface area contributed by atoms with E-state index in [-0.39, 0.29) is 5.75 Å². The zero-order valence-electron chi connectivity index (χ0n) is 11.4. The Hall–Kier alpha value is -2.04. The second kappa shape index (κ2) is 6.41. The molecule has 0 aromatic heterocycles.